The predicted octanol–water partition coefficient (Wildman–Crippen LogP) is 1.36. The van der Waals surface area contributed by atoms with Crippen molar-refractivity contribution < 1.29 is 64.5 Å². The van der Waals surface area contributed by atoms with Crippen LogP contribution in [0.25, 0.3) is 0 Å². The highest BCUT2D eigenvalue weighted by Crippen LogP contribution is 2.89. The molecule has 13 nitrogen and oxygen atoms in total. The molecule has 304 valence electrons. The molecule has 8 N–H and O–H groups in total. The number of hydrogen-bond donors (Lipinski definition) is 8. The number of fused-ring (bicyclic) bond motifs is 2. The van der Waals surface area contributed by atoms with E-state index in [0.717, 1.165) is 38.5 Å². The van der Waals surface area contributed by atoms with Crippen LogP contribution in [-0.4, -0.2) is 139 Å². The maximum Gasteiger partial charge on any atom is 0.186 e. The largest absolute Gasteiger partial charge is 0.393 e. The fourth-order valence-electron chi connectivity index (χ4n) is 14.6. The summed E-state index contributed by atoms with van der Waals surface area (Å²) in [5, 5.41) is 86.4. The maximum absolute atomic E-state index is 12.2. The van der Waals surface area contributed by atoms with E-state index in [9.17, 15) is 40.9 Å². The molecule has 8 aliphatic rings. The van der Waals surface area contributed by atoms with Gasteiger partial charge in [0.05, 0.1) is 48.8 Å². The van der Waals surface area contributed by atoms with Crippen LogP contribution in [0.1, 0.15) is 106 Å². The Labute approximate surface area is 313 Å². The molecule has 5 aliphatic carbocycles. The third-order valence-electron chi connectivity index (χ3n) is 17.2. The molecule has 53 heavy (non-hydrogen) atoms. The molecule has 0 aromatic heterocycles. The third kappa shape index (κ3) is 5.42. The summed E-state index contributed by atoms with van der Waals surface area (Å²) in [6.45, 7) is 14.4. The Kier molecular flexibility index (Phi) is 9.27. The van der Waals surface area contributed by atoms with Gasteiger partial charge in [0.25, 0.3) is 0 Å². The lowest BCUT2D eigenvalue weighted by Gasteiger charge is -2.65. The third-order valence-corrected chi connectivity index (χ3v) is 17.2. The number of aliphatic hydroxyl groups is 8. The van der Waals surface area contributed by atoms with Crippen molar-refractivity contribution in [1.82, 2.24) is 0 Å². The zero-order valence-electron chi connectivity index (χ0n) is 32.6. The smallest absolute Gasteiger partial charge is 0.186 e. The summed E-state index contributed by atoms with van der Waals surface area (Å²) >= 11 is 0. The minimum Gasteiger partial charge on any atom is -0.393 e. The highest BCUT2D eigenvalue weighted by molar-refractivity contribution is 5.33. The lowest BCUT2D eigenvalue weighted by molar-refractivity contribution is -0.326. The molecule has 0 aromatic rings. The summed E-state index contributed by atoms with van der Waals surface area (Å²) in [6.07, 6.45) is -4.95. The van der Waals surface area contributed by atoms with E-state index in [2.05, 4.69) is 34.6 Å². The molecule has 3 heterocycles. The van der Waals surface area contributed by atoms with Crippen LogP contribution in [-0.2, 0) is 23.7 Å². The van der Waals surface area contributed by atoms with E-state index in [1.165, 1.54) is 0 Å². The number of hydrogen-bond acceptors (Lipinski definition) is 13. The summed E-state index contributed by atoms with van der Waals surface area (Å²) in [5.41, 5.74) is -2.85. The molecule has 0 aromatic carbocycles. The van der Waals surface area contributed by atoms with Gasteiger partial charge in [-0.2, -0.15) is 0 Å². The average Bonchev–Trinajstić information content (AvgIpc) is 3.44. The second-order valence-corrected chi connectivity index (χ2v) is 20.6. The highest BCUT2D eigenvalue weighted by atomic mass is 16.7. The van der Waals surface area contributed by atoms with E-state index in [4.69, 9.17) is 23.7 Å². The van der Waals surface area contributed by atoms with Gasteiger partial charge in [-0.15, -0.1) is 0 Å². The van der Waals surface area contributed by atoms with Crippen molar-refractivity contribution in [3.63, 3.8) is 0 Å². The normalized spacial score (nSPS) is 59.0. The van der Waals surface area contributed by atoms with Gasteiger partial charge in [-0.1, -0.05) is 27.7 Å². The van der Waals surface area contributed by atoms with E-state index < -0.39 is 84.1 Å². The Morgan fingerprint density at radius 2 is 1.25 bits per heavy atom. The van der Waals surface area contributed by atoms with Crippen LogP contribution >= 0.6 is 0 Å². The Balaban J connectivity index is 1.14. The molecular weight excluding hydrogens is 688 g/mol. The molecule has 8 rings (SSSR count). The summed E-state index contributed by atoms with van der Waals surface area (Å²) < 4.78 is 31.8. The molecule has 0 radical (unpaired) electrons. The minimum atomic E-state index is -1.45. The monoisotopic (exact) mass is 754 g/mol. The first-order valence-electron chi connectivity index (χ1n) is 20.3. The van der Waals surface area contributed by atoms with Gasteiger partial charge >= 0.3 is 0 Å². The van der Waals surface area contributed by atoms with E-state index in [1.54, 1.807) is 13.8 Å². The lowest BCUT2D eigenvalue weighted by atomic mass is 9.41. The van der Waals surface area contributed by atoms with Crippen LogP contribution in [0, 0.1) is 44.8 Å². The summed E-state index contributed by atoms with van der Waals surface area (Å²) in [5.74, 6) is -0.0540. The molecule has 0 amide bonds. The maximum atomic E-state index is 12.2. The van der Waals surface area contributed by atoms with Crippen LogP contribution in [0.15, 0.2) is 0 Å². The van der Waals surface area contributed by atoms with Crippen molar-refractivity contribution in [2.45, 2.75) is 191 Å². The van der Waals surface area contributed by atoms with Crippen LogP contribution < -0.4 is 0 Å². The summed E-state index contributed by atoms with van der Waals surface area (Å²) in [4.78, 5) is 0. The Morgan fingerprint density at radius 1 is 0.642 bits per heavy atom. The number of aliphatic hydroxyl groups excluding tert-OH is 7. The molecule has 20 atom stereocenters. The molecule has 0 bridgehead atoms. The SMILES string of the molecule is CC(C)(O)[C@@H]1CC[C@](C)([C@H]2[C@@H](O)C[C@@]3(C)[C@H]4C[C@H](O[C@@H]5OC[C@@H](O)[C@H](O)[C@H]5O)[C@@H]5C(C)(C)[C@@H](O[C@@H]6OC[C@@H](O)[C@H](O)[C@H]6O)CC[C@@]56C[C@@]46CC[C@]23C)O1. The van der Waals surface area contributed by atoms with Gasteiger partial charge in [0.2, 0.25) is 0 Å². The van der Waals surface area contributed by atoms with Gasteiger partial charge in [-0.05, 0) is 117 Å². The first-order chi connectivity index (χ1) is 24.6. The van der Waals surface area contributed by atoms with E-state index in [1.807, 2.05) is 0 Å². The van der Waals surface area contributed by atoms with Gasteiger partial charge in [0.1, 0.15) is 36.6 Å². The highest BCUT2D eigenvalue weighted by Gasteiger charge is 2.85. The Hall–Kier alpha value is -0.520. The van der Waals surface area contributed by atoms with Crippen LogP contribution in [0.4, 0.5) is 0 Å². The number of ether oxygens (including phenoxy) is 5. The molecule has 2 spiro atoms. The fraction of sp³-hybridized carbons (Fsp3) is 1.00. The first kappa shape index (κ1) is 39.3. The quantitative estimate of drug-likeness (QED) is 0.181. The molecule has 13 heteroatoms. The first-order valence-corrected chi connectivity index (χ1v) is 20.3. The second kappa shape index (κ2) is 12.5. The van der Waals surface area contributed by atoms with Gasteiger partial charge in [-0.3, -0.25) is 0 Å². The van der Waals surface area contributed by atoms with Gasteiger partial charge < -0.3 is 64.5 Å². The van der Waals surface area contributed by atoms with Gasteiger partial charge in [-0.25, -0.2) is 0 Å². The van der Waals surface area contributed by atoms with Crippen molar-refractivity contribution in [2.24, 2.45) is 44.8 Å². The molecule has 0 unspecified atom stereocenters. The Morgan fingerprint density at radius 3 is 1.83 bits per heavy atom. The molecule has 5 saturated carbocycles. The summed E-state index contributed by atoms with van der Waals surface area (Å²) in [6, 6.07) is 0. The van der Waals surface area contributed by atoms with Crippen molar-refractivity contribution in [3.05, 3.63) is 0 Å². The second-order valence-electron chi connectivity index (χ2n) is 20.6. The zero-order valence-corrected chi connectivity index (χ0v) is 32.6. The van der Waals surface area contributed by atoms with Gasteiger partial charge in [0, 0.05) is 5.92 Å². The topological polar surface area (TPSA) is 208 Å². The van der Waals surface area contributed by atoms with Crippen molar-refractivity contribution in [3.8, 4) is 0 Å². The van der Waals surface area contributed by atoms with Crippen LogP contribution in [0.5, 0.6) is 0 Å². The van der Waals surface area contributed by atoms with Gasteiger partial charge in [0.15, 0.2) is 12.6 Å². The van der Waals surface area contributed by atoms with Crippen LogP contribution in [0.3, 0.4) is 0 Å². The van der Waals surface area contributed by atoms with Crippen LogP contribution in [0.2, 0.25) is 0 Å². The number of rotatable bonds is 6. The molecular formula is C40H66O13. The average molecular weight is 755 g/mol. The predicted molar refractivity (Wildman–Crippen MR) is 188 cm³/mol. The Bertz CT molecular complexity index is 1410. The standard InChI is InChI=1S/C40H66O13/c1-34(2)24(52-33-29(47)27(45)21(43)17-50-33)9-11-40-18-39(40)13-12-36(5)30(38(7)10-8-25(53-38)35(3,4)48)19(41)15-37(36,6)23(39)14-22(31(34)40)51-32-28(46)26(44)20(42)16-49-32/h19-33,41-48H,8-18H2,1-7H3/t19-,20+,21+,22-,23+,24-,25-,26-,27-,28+,29+,30-,31+,32-,33-,36+,37-,38+,39-,40+/m0/s1. The summed E-state index contributed by atoms with van der Waals surface area (Å²) in [7, 11) is 0. The molecule has 3 aliphatic heterocycles. The van der Waals surface area contributed by atoms with Crippen molar-refractivity contribution in [2.75, 3.05) is 13.2 Å². The minimum absolute atomic E-state index is 0.0153. The van der Waals surface area contributed by atoms with Crippen molar-refractivity contribution in [1.29, 1.82) is 0 Å². The molecule has 3 saturated heterocycles. The van der Waals surface area contributed by atoms with E-state index in [0.29, 0.717) is 19.3 Å². The van der Waals surface area contributed by atoms with E-state index in [-0.39, 0.29) is 58.7 Å². The zero-order chi connectivity index (χ0) is 38.5. The molecule has 8 fully saturated rings. The van der Waals surface area contributed by atoms with Crippen molar-refractivity contribution >= 4 is 0 Å². The fourth-order valence-corrected chi connectivity index (χ4v) is 14.6. The lowest BCUT2D eigenvalue weighted by Crippen LogP contribution is -2.64. The van der Waals surface area contributed by atoms with E-state index >= 15 is 0 Å².